The third-order valence-electron chi connectivity index (χ3n) is 9.25. The van der Waals surface area contributed by atoms with Gasteiger partial charge in [0.1, 0.15) is 0 Å². The maximum atomic E-state index is 6.22. The summed E-state index contributed by atoms with van der Waals surface area (Å²) >= 11 is 1.97. The Hall–Kier alpha value is -3.47. The van der Waals surface area contributed by atoms with Gasteiger partial charge >= 0.3 is 0 Å². The van der Waals surface area contributed by atoms with Gasteiger partial charge in [-0.05, 0) is 77.2 Å². The molecule has 0 saturated heterocycles. The van der Waals surface area contributed by atoms with Crippen molar-refractivity contribution >= 4 is 17.3 Å². The highest BCUT2D eigenvalue weighted by Gasteiger charge is 2.36. The lowest BCUT2D eigenvalue weighted by atomic mass is 9.67. The van der Waals surface area contributed by atoms with Crippen LogP contribution in [0, 0.1) is 30.1 Å². The predicted molar refractivity (Wildman–Crippen MR) is 173 cm³/mol. The minimum Gasteiger partial charge on any atom is -0.115 e. The summed E-state index contributed by atoms with van der Waals surface area (Å²) in [7, 11) is 0. The van der Waals surface area contributed by atoms with Crippen molar-refractivity contribution in [1.82, 2.24) is 0 Å². The van der Waals surface area contributed by atoms with Crippen LogP contribution < -0.4 is 0 Å². The van der Waals surface area contributed by atoms with E-state index in [1.54, 1.807) is 0 Å². The quantitative estimate of drug-likeness (QED) is 0.341. The molecule has 3 aliphatic carbocycles. The minimum atomic E-state index is 0.182. The Morgan fingerprint density at radius 1 is 1.05 bits per heavy atom. The van der Waals surface area contributed by atoms with Gasteiger partial charge in [0.25, 0.3) is 0 Å². The molecule has 0 fully saturated rings. The number of hydrogen-bond acceptors (Lipinski definition) is 1. The van der Waals surface area contributed by atoms with Crippen LogP contribution in [0.2, 0.25) is 0 Å². The number of hydrogen-bond donors (Lipinski definition) is 0. The monoisotopic (exact) mass is 538 g/mol. The summed E-state index contributed by atoms with van der Waals surface area (Å²) in [6, 6.07) is 17.7. The molecule has 0 radical (unpaired) electrons. The van der Waals surface area contributed by atoms with Crippen molar-refractivity contribution in [3.05, 3.63) is 142 Å². The fraction of sp³-hybridized carbons (Fsp3) is 0.282. The average molecular weight is 539 g/mol. The lowest BCUT2D eigenvalue weighted by Crippen LogP contribution is -2.23. The van der Waals surface area contributed by atoms with Crippen molar-refractivity contribution in [3.8, 4) is 12.3 Å². The van der Waals surface area contributed by atoms with Gasteiger partial charge < -0.3 is 0 Å². The molecule has 40 heavy (non-hydrogen) atoms. The molecule has 200 valence electrons. The van der Waals surface area contributed by atoms with Crippen molar-refractivity contribution < 1.29 is 0 Å². The van der Waals surface area contributed by atoms with Crippen LogP contribution in [-0.2, 0) is 0 Å². The molecule has 1 heterocycles. The molecule has 4 aliphatic rings. The Bertz CT molecular complexity index is 1580. The summed E-state index contributed by atoms with van der Waals surface area (Å²) in [6.07, 6.45) is 25.9. The molecule has 2 aromatic carbocycles. The Labute approximate surface area is 245 Å². The first kappa shape index (κ1) is 26.7. The predicted octanol–water partition coefficient (Wildman–Crippen LogP) is 10.6. The number of terminal acetylenes is 1. The van der Waals surface area contributed by atoms with E-state index in [-0.39, 0.29) is 11.8 Å². The molecule has 0 nitrogen and oxygen atoms in total. The molecule has 1 heteroatoms. The summed E-state index contributed by atoms with van der Waals surface area (Å²) in [4.78, 5) is 2.91. The first-order chi connectivity index (χ1) is 19.6. The van der Waals surface area contributed by atoms with Crippen molar-refractivity contribution in [2.75, 3.05) is 0 Å². The van der Waals surface area contributed by atoms with Gasteiger partial charge in [-0.2, -0.15) is 0 Å². The average Bonchev–Trinajstić information content (AvgIpc) is 3.36. The Kier molecular flexibility index (Phi) is 7.48. The molecule has 0 aromatic heterocycles. The van der Waals surface area contributed by atoms with Gasteiger partial charge in [-0.1, -0.05) is 123 Å². The number of thioether (sulfide) groups is 1. The standard InChI is InChI=1S/C39H38S/c1-6-14-31-29(8-3)37-24-27(21-22-34(37)33-16-11-10-15-32(31)33)36-23-26(20-19-25(36)5)28(7-2)39-30(9-4)35-17-12-13-18-38(35)40-39/h3,6-7,10-18,21-26,30,34,37H,2,9,19-20H2,1,4-5H3/b14-6-,39-28-. The molecule has 5 unspecified atom stereocenters. The van der Waals surface area contributed by atoms with Crippen LogP contribution in [-0.4, -0.2) is 0 Å². The number of rotatable bonds is 5. The maximum Gasteiger partial charge on any atom is 0.0217 e. The molecule has 5 atom stereocenters. The highest BCUT2D eigenvalue weighted by atomic mass is 32.2. The van der Waals surface area contributed by atoms with Crippen LogP contribution in [0.1, 0.15) is 68.6 Å². The van der Waals surface area contributed by atoms with E-state index in [1.165, 1.54) is 61.6 Å². The van der Waals surface area contributed by atoms with E-state index in [9.17, 15) is 0 Å². The zero-order chi connectivity index (χ0) is 27.8. The van der Waals surface area contributed by atoms with Crippen molar-refractivity contribution in [2.45, 2.75) is 56.8 Å². The normalized spacial score (nSPS) is 28.3. The van der Waals surface area contributed by atoms with E-state index in [4.69, 9.17) is 6.42 Å². The Morgan fingerprint density at radius 3 is 2.58 bits per heavy atom. The third-order valence-corrected chi connectivity index (χ3v) is 10.6. The SMILES string of the molecule is C#CC1=C(/C=C\C)c2ccccc2C2C=CC(C3=CC(/C(C=C)=C4\Sc5ccccc5C4CC)CCC3C)=CC12. The van der Waals surface area contributed by atoms with E-state index < -0.39 is 0 Å². The van der Waals surface area contributed by atoms with E-state index in [0.29, 0.717) is 17.8 Å². The van der Waals surface area contributed by atoms with Gasteiger partial charge in [0, 0.05) is 39.0 Å². The first-order valence-corrected chi connectivity index (χ1v) is 15.6. The van der Waals surface area contributed by atoms with E-state index in [1.807, 2.05) is 11.8 Å². The molecule has 0 saturated carbocycles. The highest BCUT2D eigenvalue weighted by molar-refractivity contribution is 8.03. The zero-order valence-electron chi connectivity index (χ0n) is 23.9. The Morgan fingerprint density at radius 2 is 1.82 bits per heavy atom. The number of benzene rings is 2. The molecular weight excluding hydrogens is 500 g/mol. The summed E-state index contributed by atoms with van der Waals surface area (Å²) in [5, 5.41) is 0. The van der Waals surface area contributed by atoms with Crippen LogP contribution >= 0.6 is 11.8 Å². The van der Waals surface area contributed by atoms with Crippen LogP contribution in [0.5, 0.6) is 0 Å². The van der Waals surface area contributed by atoms with Crippen LogP contribution in [0.3, 0.4) is 0 Å². The van der Waals surface area contributed by atoms with Crippen LogP contribution in [0.25, 0.3) is 5.57 Å². The smallest absolute Gasteiger partial charge is 0.0217 e. The molecular formula is C39H38S. The molecule has 2 aromatic rings. The summed E-state index contributed by atoms with van der Waals surface area (Å²) in [5.74, 6) is 4.94. The zero-order valence-corrected chi connectivity index (χ0v) is 24.7. The van der Waals surface area contributed by atoms with Crippen molar-refractivity contribution in [2.24, 2.45) is 17.8 Å². The van der Waals surface area contributed by atoms with Crippen molar-refractivity contribution in [1.29, 1.82) is 0 Å². The fourth-order valence-electron chi connectivity index (χ4n) is 7.28. The van der Waals surface area contributed by atoms with Gasteiger partial charge in [0.15, 0.2) is 0 Å². The van der Waals surface area contributed by atoms with Crippen LogP contribution in [0.15, 0.2) is 130 Å². The molecule has 0 N–H and O–H groups in total. The Balaban J connectivity index is 1.41. The van der Waals surface area contributed by atoms with E-state index >= 15 is 0 Å². The molecule has 0 amide bonds. The van der Waals surface area contributed by atoms with E-state index in [2.05, 4.69) is 124 Å². The lowest BCUT2D eigenvalue weighted by molar-refractivity contribution is 0.497. The topological polar surface area (TPSA) is 0 Å². The minimum absolute atomic E-state index is 0.182. The fourth-order valence-corrected chi connectivity index (χ4v) is 8.78. The maximum absolute atomic E-state index is 6.22. The number of allylic oxidation sites excluding steroid dienone is 13. The largest absolute Gasteiger partial charge is 0.115 e. The highest BCUT2D eigenvalue weighted by Crippen LogP contribution is 2.54. The van der Waals surface area contributed by atoms with Gasteiger partial charge in [-0.25, -0.2) is 0 Å². The molecule has 0 spiro atoms. The summed E-state index contributed by atoms with van der Waals surface area (Å²) < 4.78 is 0. The van der Waals surface area contributed by atoms with Gasteiger partial charge in [-0.15, -0.1) is 6.42 Å². The summed E-state index contributed by atoms with van der Waals surface area (Å²) in [5.41, 5.74) is 10.6. The summed E-state index contributed by atoms with van der Waals surface area (Å²) in [6.45, 7) is 11.1. The number of fused-ring (bicyclic) bond motifs is 4. The second-order valence-electron chi connectivity index (χ2n) is 11.4. The van der Waals surface area contributed by atoms with Gasteiger partial charge in [0.05, 0.1) is 0 Å². The lowest BCUT2D eigenvalue weighted by Gasteiger charge is -2.36. The molecule has 6 rings (SSSR count). The van der Waals surface area contributed by atoms with E-state index in [0.717, 1.165) is 12.0 Å². The second kappa shape index (κ2) is 11.2. The van der Waals surface area contributed by atoms with Gasteiger partial charge in [-0.3, -0.25) is 0 Å². The molecule has 0 bridgehead atoms. The second-order valence-corrected chi connectivity index (χ2v) is 12.5. The third kappa shape index (κ3) is 4.44. The van der Waals surface area contributed by atoms with Crippen molar-refractivity contribution in [3.63, 3.8) is 0 Å². The van der Waals surface area contributed by atoms with Gasteiger partial charge in [0.2, 0.25) is 0 Å². The molecule has 1 aliphatic heterocycles. The van der Waals surface area contributed by atoms with Crippen LogP contribution in [0.4, 0.5) is 0 Å². The first-order valence-electron chi connectivity index (χ1n) is 14.8.